The summed E-state index contributed by atoms with van der Waals surface area (Å²) >= 11 is 1.84. The van der Waals surface area contributed by atoms with Gasteiger partial charge in [0.25, 0.3) is 0 Å². The molecule has 1 N–H and O–H groups in total. The summed E-state index contributed by atoms with van der Waals surface area (Å²) in [4.78, 5) is 1.28. The normalized spacial score (nSPS) is 40.3. The Balaban J connectivity index is 1.12. The minimum Gasteiger partial charge on any atom is -0.504 e. The predicted octanol–water partition coefficient (Wildman–Crippen LogP) is 6.19. The lowest BCUT2D eigenvalue weighted by Crippen LogP contribution is -2.83. The molecule has 1 aromatic heterocycles. The van der Waals surface area contributed by atoms with Gasteiger partial charge in [-0.2, -0.15) is 0 Å². The van der Waals surface area contributed by atoms with Gasteiger partial charge in [-0.05, 0) is 61.3 Å². The number of fused-ring (bicyclic) bond motifs is 3. The highest BCUT2D eigenvalue weighted by Gasteiger charge is 2.83. The first-order valence-electron chi connectivity index (χ1n) is 15.4. The Morgan fingerprint density at radius 3 is 2.83 bits per heavy atom. The maximum atomic E-state index is 11.1. The van der Waals surface area contributed by atoms with E-state index in [0.717, 1.165) is 37.4 Å². The zero-order valence-corrected chi connectivity index (χ0v) is 24.5. The van der Waals surface area contributed by atoms with E-state index in [1.54, 1.807) is 0 Å². The molecule has 2 aliphatic heterocycles. The third kappa shape index (κ3) is 2.89. The fourth-order valence-corrected chi connectivity index (χ4v) is 11.9. The van der Waals surface area contributed by atoms with Gasteiger partial charge in [0.05, 0.1) is 44.8 Å². The highest BCUT2D eigenvalue weighted by molar-refractivity contribution is 7.19. The number of nitrogens with zero attached hydrogens (tertiary/aromatic N) is 1. The van der Waals surface area contributed by atoms with Crippen molar-refractivity contribution in [3.05, 3.63) is 58.5 Å². The van der Waals surface area contributed by atoms with E-state index in [4.69, 9.17) is 14.2 Å². The van der Waals surface area contributed by atoms with Crippen LogP contribution in [0.2, 0.25) is 0 Å². The second-order valence-corrected chi connectivity index (χ2v) is 15.4. The number of phenols is 1. The quantitative estimate of drug-likeness (QED) is 0.351. The van der Waals surface area contributed by atoms with E-state index in [1.807, 2.05) is 24.5 Å². The van der Waals surface area contributed by atoms with E-state index in [-0.39, 0.29) is 22.9 Å². The number of likely N-dealkylation sites (tertiary alicyclic amines) is 1. The lowest BCUT2D eigenvalue weighted by molar-refractivity contribution is -0.952. The molecule has 5 nitrogen and oxygen atoms in total. The fraction of sp³-hybridized carbons (Fsp3) is 0.588. The van der Waals surface area contributed by atoms with Crippen molar-refractivity contribution in [2.45, 2.75) is 74.7 Å². The molecule has 4 saturated carbocycles. The van der Waals surface area contributed by atoms with Gasteiger partial charge < -0.3 is 23.8 Å². The van der Waals surface area contributed by atoms with Gasteiger partial charge >= 0.3 is 0 Å². The number of piperidine rings is 1. The third-order valence-electron chi connectivity index (χ3n) is 12.6. The van der Waals surface area contributed by atoms with Crippen molar-refractivity contribution in [2.24, 2.45) is 17.3 Å². The Hall–Kier alpha value is -2.12. The number of rotatable bonds is 7. The van der Waals surface area contributed by atoms with E-state index < -0.39 is 5.60 Å². The Morgan fingerprint density at radius 1 is 1.12 bits per heavy atom. The number of likely N-dealkylation sites (N-methyl/N-ethyl adjacent to an activating group) is 1. The molecule has 2 spiro atoms. The molecule has 7 aliphatic rings. The molecule has 10 rings (SSSR count). The number of quaternary nitrogens is 1. The predicted molar refractivity (Wildman–Crippen MR) is 156 cm³/mol. The van der Waals surface area contributed by atoms with Gasteiger partial charge in [-0.1, -0.05) is 24.3 Å². The zero-order chi connectivity index (χ0) is 26.9. The summed E-state index contributed by atoms with van der Waals surface area (Å²) in [5.74, 6) is 2.24. The molecule has 3 aromatic rings. The second-order valence-electron chi connectivity index (χ2n) is 14.2. The largest absolute Gasteiger partial charge is 0.504 e. The minimum atomic E-state index is -0.399. The van der Waals surface area contributed by atoms with Gasteiger partial charge in [0.1, 0.15) is 11.7 Å². The highest BCUT2D eigenvalue weighted by atomic mass is 32.1. The summed E-state index contributed by atoms with van der Waals surface area (Å²) in [6.45, 7) is 3.85. The molecule has 6 heteroatoms. The van der Waals surface area contributed by atoms with Gasteiger partial charge in [0.15, 0.2) is 11.5 Å². The van der Waals surface area contributed by atoms with Crippen LogP contribution in [0, 0.1) is 17.3 Å². The number of phenolic OH excluding ortho intramolecular Hbond substituents is 1. The third-order valence-corrected chi connectivity index (χ3v) is 13.7. The average molecular weight is 559 g/mol. The standard InChI is InChI=1S/C34H39NO4S/c1-35(18-21-7-8-21)14-13-33-29-23-9-10-26(36)30(29)39-31(33)34(37-2)12-11-32(33,28(35)16-23)17-24(34)19-38-20-25-15-22-5-3-4-6-27(22)40-25/h3-6,9-10,15,21,24,28,31H,7-8,11-14,16-20H2,1-2H3/p+1/t24-,28-,31-,32-,33+,34-,35?/m1/s1. The Bertz CT molecular complexity index is 1500. The summed E-state index contributed by atoms with van der Waals surface area (Å²) in [6.07, 6.45) is 8.29. The number of aromatic hydroxyl groups is 1. The second kappa shape index (κ2) is 8.03. The van der Waals surface area contributed by atoms with Crippen LogP contribution in [0.25, 0.3) is 10.1 Å². The van der Waals surface area contributed by atoms with E-state index in [0.29, 0.717) is 25.0 Å². The summed E-state index contributed by atoms with van der Waals surface area (Å²) < 4.78 is 22.7. The van der Waals surface area contributed by atoms with Crippen molar-refractivity contribution in [2.75, 3.05) is 33.9 Å². The van der Waals surface area contributed by atoms with E-state index in [1.165, 1.54) is 62.9 Å². The van der Waals surface area contributed by atoms with Gasteiger partial charge in [-0.15, -0.1) is 11.3 Å². The average Bonchev–Trinajstić information content (AvgIpc) is 3.53. The fourth-order valence-electron chi connectivity index (χ4n) is 10.9. The van der Waals surface area contributed by atoms with Crippen molar-refractivity contribution in [3.63, 3.8) is 0 Å². The van der Waals surface area contributed by atoms with Crippen LogP contribution in [0.1, 0.15) is 54.5 Å². The van der Waals surface area contributed by atoms with Gasteiger partial charge in [0.2, 0.25) is 0 Å². The van der Waals surface area contributed by atoms with Crippen LogP contribution < -0.4 is 4.74 Å². The van der Waals surface area contributed by atoms with Gasteiger partial charge in [-0.25, -0.2) is 0 Å². The van der Waals surface area contributed by atoms with Crippen molar-refractivity contribution >= 4 is 21.4 Å². The van der Waals surface area contributed by atoms with Crippen LogP contribution in [0.3, 0.4) is 0 Å². The Labute approximate surface area is 240 Å². The van der Waals surface area contributed by atoms with Crippen LogP contribution >= 0.6 is 11.3 Å². The lowest BCUT2D eigenvalue weighted by Gasteiger charge is -2.74. The molecule has 5 fully saturated rings. The maximum absolute atomic E-state index is 11.1. The monoisotopic (exact) mass is 558 g/mol. The van der Waals surface area contributed by atoms with Crippen LogP contribution in [0.5, 0.6) is 11.5 Å². The van der Waals surface area contributed by atoms with Crippen molar-refractivity contribution in [1.29, 1.82) is 0 Å². The molecule has 40 heavy (non-hydrogen) atoms. The summed E-state index contributed by atoms with van der Waals surface area (Å²) in [5, 5.41) is 12.4. The molecule has 4 bridgehead atoms. The molecule has 1 saturated heterocycles. The maximum Gasteiger partial charge on any atom is 0.165 e. The SMILES string of the molecule is CO[C@]12CC[C@@]3(C[C@@H]1COCc1cc4ccccc4s1)[C@H]1Cc4ccc(O)c5c4[C@@]3(CC[N+]1(C)CC1CC1)[C@H]2O5. The lowest BCUT2D eigenvalue weighted by atomic mass is 9.34. The number of thiophene rings is 1. The smallest absolute Gasteiger partial charge is 0.165 e. The van der Waals surface area contributed by atoms with E-state index in [2.05, 4.69) is 43.4 Å². The molecule has 0 radical (unpaired) electrons. The molecule has 210 valence electrons. The number of hydrogen-bond acceptors (Lipinski definition) is 5. The Morgan fingerprint density at radius 2 is 2.00 bits per heavy atom. The number of benzene rings is 2. The summed E-state index contributed by atoms with van der Waals surface area (Å²) in [6, 6.07) is 15.5. The van der Waals surface area contributed by atoms with E-state index >= 15 is 0 Å². The zero-order valence-electron chi connectivity index (χ0n) is 23.7. The van der Waals surface area contributed by atoms with Crippen LogP contribution in [-0.4, -0.2) is 61.2 Å². The molecule has 2 aromatic carbocycles. The van der Waals surface area contributed by atoms with Crippen LogP contribution in [0.4, 0.5) is 0 Å². The first kappa shape index (κ1) is 24.5. The van der Waals surface area contributed by atoms with Gasteiger partial charge in [-0.3, -0.25) is 0 Å². The van der Waals surface area contributed by atoms with Crippen LogP contribution in [-0.2, 0) is 27.9 Å². The first-order chi connectivity index (χ1) is 19.4. The molecule has 7 atom stereocenters. The molecule has 0 amide bonds. The van der Waals surface area contributed by atoms with Crippen molar-refractivity contribution in [1.82, 2.24) is 0 Å². The Kier molecular flexibility index (Phi) is 4.92. The minimum absolute atomic E-state index is 0.0649. The van der Waals surface area contributed by atoms with Crippen molar-refractivity contribution in [3.8, 4) is 11.5 Å². The number of hydrogen-bond donors (Lipinski definition) is 1. The number of methoxy groups -OCH3 is 1. The van der Waals surface area contributed by atoms with Crippen LogP contribution in [0.15, 0.2) is 42.5 Å². The van der Waals surface area contributed by atoms with Crippen molar-refractivity contribution < 1.29 is 23.8 Å². The number of ether oxygens (including phenoxy) is 3. The molecule has 3 heterocycles. The topological polar surface area (TPSA) is 47.9 Å². The molecule has 5 aliphatic carbocycles. The molecular weight excluding hydrogens is 518 g/mol. The van der Waals surface area contributed by atoms with E-state index in [9.17, 15) is 5.11 Å². The summed E-state index contributed by atoms with van der Waals surface area (Å²) in [7, 11) is 4.47. The molecule has 1 unspecified atom stereocenters. The first-order valence-corrected chi connectivity index (χ1v) is 16.2. The van der Waals surface area contributed by atoms with Gasteiger partial charge in [0, 0.05) is 52.3 Å². The molecular formula is C34H40NO4S+. The highest BCUT2D eigenvalue weighted by Crippen LogP contribution is 2.77. The summed E-state index contributed by atoms with van der Waals surface area (Å²) in [5.41, 5.74) is 2.44.